The number of hydrogen-bond donors (Lipinski definition) is 3. The lowest BCUT2D eigenvalue weighted by Gasteiger charge is -2.34. The fraction of sp³-hybridized carbons (Fsp3) is 0.318. The summed E-state index contributed by atoms with van der Waals surface area (Å²) in [7, 11) is 1.52. The highest BCUT2D eigenvalue weighted by atomic mass is 79.9. The maximum absolute atomic E-state index is 13.2. The minimum absolute atomic E-state index is 0.0451. The van der Waals surface area contributed by atoms with Crippen LogP contribution in [0.2, 0.25) is 0 Å². The molecule has 146 valence electrons. The van der Waals surface area contributed by atoms with Crippen LogP contribution < -0.4 is 15.4 Å². The van der Waals surface area contributed by atoms with Gasteiger partial charge in [-0.3, -0.25) is 4.79 Å². The van der Waals surface area contributed by atoms with Gasteiger partial charge in [-0.25, -0.2) is 0 Å². The topological polar surface area (TPSA) is 70.6 Å². The summed E-state index contributed by atoms with van der Waals surface area (Å²) in [5.74, 6) is 0.540. The van der Waals surface area contributed by atoms with Crippen molar-refractivity contribution in [2.45, 2.75) is 32.7 Å². The Balaban J connectivity index is 1.91. The summed E-state index contributed by atoms with van der Waals surface area (Å²) >= 11 is 3.40. The first-order chi connectivity index (χ1) is 13.3. The van der Waals surface area contributed by atoms with E-state index in [0.29, 0.717) is 16.6 Å². The van der Waals surface area contributed by atoms with Gasteiger partial charge in [-0.15, -0.1) is 0 Å². The van der Waals surface area contributed by atoms with Gasteiger partial charge in [-0.1, -0.05) is 26.0 Å². The van der Waals surface area contributed by atoms with E-state index < -0.39 is 0 Å². The first-order valence-corrected chi connectivity index (χ1v) is 10.0. The number of benzene rings is 2. The first-order valence-electron chi connectivity index (χ1n) is 9.24. The van der Waals surface area contributed by atoms with Gasteiger partial charge in [0.25, 0.3) is 0 Å². The molecule has 28 heavy (non-hydrogen) atoms. The summed E-state index contributed by atoms with van der Waals surface area (Å²) in [4.78, 5) is 13.2. The number of rotatable bonds is 2. The van der Waals surface area contributed by atoms with E-state index in [1.54, 1.807) is 6.07 Å². The smallest absolute Gasteiger partial charge is 0.172 e. The molecule has 0 bridgehead atoms. The number of ketones is 1. The van der Waals surface area contributed by atoms with E-state index in [1.165, 1.54) is 7.11 Å². The number of methoxy groups -OCH3 is 1. The molecule has 1 heterocycles. The molecule has 0 unspecified atom stereocenters. The van der Waals surface area contributed by atoms with E-state index in [1.807, 2.05) is 30.3 Å². The summed E-state index contributed by atoms with van der Waals surface area (Å²) in [5, 5.41) is 17.2. The van der Waals surface area contributed by atoms with Gasteiger partial charge in [-0.05, 0) is 57.6 Å². The van der Waals surface area contributed by atoms with Gasteiger partial charge >= 0.3 is 0 Å². The minimum atomic E-state index is -0.347. The Morgan fingerprint density at radius 1 is 1.18 bits per heavy atom. The van der Waals surface area contributed by atoms with Crippen molar-refractivity contribution in [1.82, 2.24) is 0 Å². The molecule has 2 aliphatic rings. The Kier molecular flexibility index (Phi) is 4.62. The van der Waals surface area contributed by atoms with E-state index in [9.17, 15) is 9.90 Å². The predicted molar refractivity (Wildman–Crippen MR) is 114 cm³/mol. The van der Waals surface area contributed by atoms with Crippen molar-refractivity contribution in [3.8, 4) is 11.5 Å². The van der Waals surface area contributed by atoms with Crippen LogP contribution in [0.5, 0.6) is 11.5 Å². The number of fused-ring (bicyclic) bond motifs is 1. The van der Waals surface area contributed by atoms with Crippen LogP contribution in [0.4, 0.5) is 11.4 Å². The van der Waals surface area contributed by atoms with Crippen LogP contribution in [-0.4, -0.2) is 18.0 Å². The fourth-order valence-electron chi connectivity index (χ4n) is 4.06. The van der Waals surface area contributed by atoms with Crippen molar-refractivity contribution in [2.75, 3.05) is 17.7 Å². The number of phenolic OH excluding ortho intramolecular Hbond substituents is 1. The van der Waals surface area contributed by atoms with Gasteiger partial charge in [0, 0.05) is 17.7 Å². The van der Waals surface area contributed by atoms with Gasteiger partial charge in [0.15, 0.2) is 17.3 Å². The standard InChI is InChI=1S/C22H23BrN2O3/c1-22(2)10-16-19(17(26)11-22)20(25-15-7-5-4-6-14(15)24-16)12-8-13(23)21(27)18(9-12)28-3/h4-9,20,24-25,27H,10-11H2,1-3H3/t20-/m0/s1. The largest absolute Gasteiger partial charge is 0.503 e. The van der Waals surface area contributed by atoms with Crippen molar-refractivity contribution in [3.05, 3.63) is 57.7 Å². The Morgan fingerprint density at radius 2 is 1.89 bits per heavy atom. The number of carbonyl (C=O) groups is 1. The van der Waals surface area contributed by atoms with Crippen LogP contribution in [0.15, 0.2) is 52.1 Å². The Bertz CT molecular complexity index is 997. The first kappa shape index (κ1) is 18.9. The van der Waals surface area contributed by atoms with Crippen LogP contribution in [-0.2, 0) is 4.79 Å². The molecule has 5 nitrogen and oxygen atoms in total. The third-order valence-corrected chi connectivity index (χ3v) is 5.93. The zero-order valence-electron chi connectivity index (χ0n) is 16.1. The highest BCUT2D eigenvalue weighted by Crippen LogP contribution is 2.47. The maximum Gasteiger partial charge on any atom is 0.172 e. The number of carbonyl (C=O) groups excluding carboxylic acids is 1. The SMILES string of the molecule is COc1cc([C@@H]2Nc3ccccc3NC3=C2C(=O)CC(C)(C)C3)cc(Br)c1O. The predicted octanol–water partition coefficient (Wildman–Crippen LogP) is 5.39. The molecule has 0 saturated heterocycles. The van der Waals surface area contributed by atoms with Crippen LogP contribution in [0.25, 0.3) is 0 Å². The van der Waals surface area contributed by atoms with Crippen LogP contribution in [0, 0.1) is 5.41 Å². The lowest BCUT2D eigenvalue weighted by molar-refractivity contribution is -0.118. The number of allylic oxidation sites excluding steroid dienone is 1. The molecular formula is C22H23BrN2O3. The van der Waals surface area contributed by atoms with Crippen molar-refractivity contribution in [2.24, 2.45) is 5.41 Å². The molecule has 2 aromatic rings. The molecule has 1 atom stereocenters. The number of ether oxygens (including phenoxy) is 1. The van der Waals surface area contributed by atoms with Crippen molar-refractivity contribution < 1.29 is 14.6 Å². The van der Waals surface area contributed by atoms with Crippen LogP contribution in [0.1, 0.15) is 38.3 Å². The third kappa shape index (κ3) is 3.26. The van der Waals surface area contributed by atoms with E-state index in [-0.39, 0.29) is 23.0 Å². The number of nitrogens with one attached hydrogen (secondary N) is 2. The third-order valence-electron chi connectivity index (χ3n) is 5.33. The number of Topliss-reactive ketones (excluding diaryl/α,β-unsaturated/α-hetero) is 1. The quantitative estimate of drug-likeness (QED) is 0.581. The average molecular weight is 443 g/mol. The molecule has 1 aliphatic carbocycles. The summed E-state index contributed by atoms with van der Waals surface area (Å²) in [6, 6.07) is 11.2. The summed E-state index contributed by atoms with van der Waals surface area (Å²) in [6.45, 7) is 4.24. The second-order valence-corrected chi connectivity index (χ2v) is 8.99. The second-order valence-electron chi connectivity index (χ2n) is 8.13. The number of phenols is 1. The Morgan fingerprint density at radius 3 is 2.61 bits per heavy atom. The normalized spacial score (nSPS) is 20.4. The molecule has 3 N–H and O–H groups in total. The van der Waals surface area contributed by atoms with Gasteiger partial charge in [0.1, 0.15) is 0 Å². The average Bonchev–Trinajstić information content (AvgIpc) is 2.79. The molecule has 0 saturated carbocycles. The maximum atomic E-state index is 13.2. The van der Waals surface area contributed by atoms with Gasteiger partial charge in [0.2, 0.25) is 0 Å². The van der Waals surface area contributed by atoms with E-state index in [4.69, 9.17) is 4.74 Å². The number of para-hydroxylation sites is 2. The molecule has 0 fully saturated rings. The van der Waals surface area contributed by atoms with Crippen LogP contribution in [0.3, 0.4) is 0 Å². The Hall–Kier alpha value is -2.47. The molecule has 0 aromatic heterocycles. The van der Waals surface area contributed by atoms with Crippen molar-refractivity contribution in [1.29, 1.82) is 0 Å². The minimum Gasteiger partial charge on any atom is -0.503 e. The summed E-state index contributed by atoms with van der Waals surface area (Å²) in [5.41, 5.74) is 4.33. The van der Waals surface area contributed by atoms with Gasteiger partial charge < -0.3 is 20.5 Å². The van der Waals surface area contributed by atoms with E-state index >= 15 is 0 Å². The molecule has 0 amide bonds. The number of hydrogen-bond acceptors (Lipinski definition) is 5. The monoisotopic (exact) mass is 442 g/mol. The van der Waals surface area contributed by atoms with Gasteiger partial charge in [-0.2, -0.15) is 0 Å². The number of anilines is 2. The molecular weight excluding hydrogens is 420 g/mol. The Labute approximate surface area is 172 Å². The second kappa shape index (κ2) is 6.85. The van der Waals surface area contributed by atoms with E-state index in [2.05, 4.69) is 40.4 Å². The molecule has 6 heteroatoms. The zero-order valence-corrected chi connectivity index (χ0v) is 17.7. The zero-order chi connectivity index (χ0) is 20.1. The highest BCUT2D eigenvalue weighted by Gasteiger charge is 2.39. The van der Waals surface area contributed by atoms with Crippen LogP contribution >= 0.6 is 15.9 Å². The molecule has 2 aromatic carbocycles. The summed E-state index contributed by atoms with van der Waals surface area (Å²) in [6.07, 6.45) is 1.29. The highest BCUT2D eigenvalue weighted by molar-refractivity contribution is 9.10. The summed E-state index contributed by atoms with van der Waals surface area (Å²) < 4.78 is 5.86. The molecule has 1 aliphatic heterocycles. The molecule has 0 spiro atoms. The molecule has 4 rings (SSSR count). The lowest BCUT2D eigenvalue weighted by Crippen LogP contribution is -2.31. The number of halogens is 1. The van der Waals surface area contributed by atoms with Gasteiger partial charge in [0.05, 0.1) is 29.0 Å². The molecule has 0 radical (unpaired) electrons. The number of aromatic hydroxyl groups is 1. The lowest BCUT2D eigenvalue weighted by atomic mass is 9.73. The van der Waals surface area contributed by atoms with E-state index in [0.717, 1.165) is 34.6 Å². The van der Waals surface area contributed by atoms with Crippen molar-refractivity contribution in [3.63, 3.8) is 0 Å². The fourth-order valence-corrected chi connectivity index (χ4v) is 4.52. The van der Waals surface area contributed by atoms with Crippen molar-refractivity contribution >= 4 is 33.1 Å².